The highest BCUT2D eigenvalue weighted by atomic mass is 35.5. The molecule has 17 heavy (non-hydrogen) atoms. The minimum Gasteiger partial charge on any atom is -0.486 e. The van der Waals surface area contributed by atoms with Crippen molar-refractivity contribution in [1.82, 2.24) is 4.98 Å². The lowest BCUT2D eigenvalue weighted by molar-refractivity contribution is 0.101. The number of nitrogens with zero attached hydrogens (tertiary/aromatic N) is 1. The fourth-order valence-corrected chi connectivity index (χ4v) is 2.04. The first-order valence-corrected chi connectivity index (χ1v) is 6.23. The van der Waals surface area contributed by atoms with Crippen LogP contribution in [0.1, 0.15) is 22.2 Å². The molecule has 0 atom stereocenters. The number of ether oxygens (including phenoxy) is 1. The Morgan fingerprint density at radius 2 is 2.35 bits per heavy atom. The number of halogens is 1. The molecule has 88 valence electrons. The van der Waals surface area contributed by atoms with Gasteiger partial charge in [0.05, 0.1) is 15.4 Å². The first kappa shape index (κ1) is 12.1. The van der Waals surface area contributed by atoms with Gasteiger partial charge < -0.3 is 4.74 Å². The first-order chi connectivity index (χ1) is 8.16. The average Bonchev–Trinajstić information content (AvgIpc) is 2.80. The number of Topliss-reactive ketones (excluding diaryl/α,β-unsaturated/α-hetero) is 1. The summed E-state index contributed by atoms with van der Waals surface area (Å²) in [6, 6.07) is 5.03. The molecule has 0 saturated carbocycles. The third kappa shape index (κ3) is 3.05. The smallest absolute Gasteiger partial charge is 0.159 e. The van der Waals surface area contributed by atoms with Crippen LogP contribution in [-0.2, 0) is 6.61 Å². The van der Waals surface area contributed by atoms with Crippen LogP contribution in [0, 0.1) is 0 Å². The van der Waals surface area contributed by atoms with E-state index >= 15 is 0 Å². The summed E-state index contributed by atoms with van der Waals surface area (Å²) in [6.07, 6.45) is 1.75. The Hall–Kier alpha value is -1.39. The van der Waals surface area contributed by atoms with E-state index in [0.29, 0.717) is 22.9 Å². The summed E-state index contributed by atoms with van der Waals surface area (Å²) in [5, 5.41) is 0.446. The second-order valence-corrected chi connectivity index (χ2v) is 4.84. The molecule has 0 radical (unpaired) electrons. The van der Waals surface area contributed by atoms with Crippen molar-refractivity contribution in [2.75, 3.05) is 0 Å². The molecule has 1 aromatic heterocycles. The van der Waals surface area contributed by atoms with Gasteiger partial charge in [0.1, 0.15) is 12.4 Å². The van der Waals surface area contributed by atoms with E-state index in [1.807, 2.05) is 0 Å². The molecule has 0 aliphatic carbocycles. The zero-order valence-electron chi connectivity index (χ0n) is 9.14. The molecule has 0 aliphatic rings. The van der Waals surface area contributed by atoms with Crippen molar-refractivity contribution in [2.24, 2.45) is 0 Å². The molecule has 0 N–H and O–H groups in total. The fourth-order valence-electron chi connectivity index (χ4n) is 1.30. The molecule has 0 saturated heterocycles. The van der Waals surface area contributed by atoms with Crippen LogP contribution in [0.25, 0.3) is 0 Å². The maximum Gasteiger partial charge on any atom is 0.159 e. The van der Waals surface area contributed by atoms with Crippen LogP contribution in [0.5, 0.6) is 5.75 Å². The van der Waals surface area contributed by atoms with E-state index in [0.717, 1.165) is 4.88 Å². The predicted octanol–water partition coefficient (Wildman–Crippen LogP) is 3.58. The summed E-state index contributed by atoms with van der Waals surface area (Å²) in [6.45, 7) is 1.94. The van der Waals surface area contributed by atoms with Crippen molar-refractivity contribution >= 4 is 28.7 Å². The maximum absolute atomic E-state index is 11.1. The second-order valence-electron chi connectivity index (χ2n) is 3.46. The van der Waals surface area contributed by atoms with Crippen molar-refractivity contribution in [3.8, 4) is 5.75 Å². The Morgan fingerprint density at radius 1 is 1.53 bits per heavy atom. The van der Waals surface area contributed by atoms with E-state index < -0.39 is 0 Å². The molecule has 3 nitrogen and oxygen atoms in total. The third-order valence-electron chi connectivity index (χ3n) is 2.19. The summed E-state index contributed by atoms with van der Waals surface area (Å²) >= 11 is 7.55. The second kappa shape index (κ2) is 5.29. The summed E-state index contributed by atoms with van der Waals surface area (Å²) in [5.74, 6) is 0.561. The standard InChI is InChI=1S/C12H10ClNO2S/c1-8(15)9-2-3-12(11(13)4-9)16-6-10-5-14-7-17-10/h2-5,7H,6H2,1H3. The topological polar surface area (TPSA) is 39.2 Å². The minimum absolute atomic E-state index is 0.0130. The van der Waals surface area contributed by atoms with Gasteiger partial charge in [0.15, 0.2) is 5.78 Å². The molecular weight excluding hydrogens is 258 g/mol. The lowest BCUT2D eigenvalue weighted by atomic mass is 10.1. The SMILES string of the molecule is CC(=O)c1ccc(OCc2cncs2)c(Cl)c1. The van der Waals surface area contributed by atoms with Gasteiger partial charge in [0, 0.05) is 11.8 Å². The van der Waals surface area contributed by atoms with E-state index in [2.05, 4.69) is 4.98 Å². The zero-order valence-corrected chi connectivity index (χ0v) is 10.7. The third-order valence-corrected chi connectivity index (χ3v) is 3.24. The quantitative estimate of drug-likeness (QED) is 0.795. The molecule has 0 amide bonds. The molecule has 2 aromatic rings. The summed E-state index contributed by atoms with van der Waals surface area (Å²) < 4.78 is 5.54. The molecule has 0 fully saturated rings. The van der Waals surface area contributed by atoms with Crippen molar-refractivity contribution in [1.29, 1.82) is 0 Å². The fraction of sp³-hybridized carbons (Fsp3) is 0.167. The molecule has 5 heteroatoms. The number of rotatable bonds is 4. The number of benzene rings is 1. The lowest BCUT2D eigenvalue weighted by Gasteiger charge is -2.07. The molecule has 2 rings (SSSR count). The lowest BCUT2D eigenvalue weighted by Crippen LogP contribution is -1.96. The largest absolute Gasteiger partial charge is 0.486 e. The van der Waals surface area contributed by atoms with Gasteiger partial charge in [-0.3, -0.25) is 9.78 Å². The number of carbonyl (C=O) groups excluding carboxylic acids is 1. The monoisotopic (exact) mass is 267 g/mol. The van der Waals surface area contributed by atoms with E-state index in [1.165, 1.54) is 18.3 Å². The number of hydrogen-bond acceptors (Lipinski definition) is 4. The molecule has 0 bridgehead atoms. The number of aromatic nitrogens is 1. The van der Waals surface area contributed by atoms with Gasteiger partial charge in [-0.15, -0.1) is 11.3 Å². The van der Waals surface area contributed by atoms with Gasteiger partial charge in [-0.25, -0.2) is 0 Å². The van der Waals surface area contributed by atoms with Crippen LogP contribution in [0.2, 0.25) is 5.02 Å². The Labute approximate surface area is 108 Å². The number of thiazole rings is 1. The molecule has 1 aromatic carbocycles. The number of ketones is 1. The zero-order chi connectivity index (χ0) is 12.3. The van der Waals surface area contributed by atoms with Gasteiger partial charge in [0.25, 0.3) is 0 Å². The average molecular weight is 268 g/mol. The molecule has 0 aliphatic heterocycles. The number of hydrogen-bond donors (Lipinski definition) is 0. The van der Waals surface area contributed by atoms with Crippen LogP contribution < -0.4 is 4.74 Å². The van der Waals surface area contributed by atoms with E-state index in [9.17, 15) is 4.79 Å². The predicted molar refractivity (Wildman–Crippen MR) is 67.9 cm³/mol. The van der Waals surface area contributed by atoms with E-state index in [-0.39, 0.29) is 5.78 Å². The van der Waals surface area contributed by atoms with Gasteiger partial charge in [-0.1, -0.05) is 11.6 Å². The Bertz CT molecular complexity index is 525. The van der Waals surface area contributed by atoms with Gasteiger partial charge in [-0.05, 0) is 25.1 Å². The number of carbonyl (C=O) groups is 1. The van der Waals surface area contributed by atoms with Gasteiger partial charge in [0.2, 0.25) is 0 Å². The highest BCUT2D eigenvalue weighted by Gasteiger charge is 2.06. The maximum atomic E-state index is 11.1. The van der Waals surface area contributed by atoms with Gasteiger partial charge in [-0.2, -0.15) is 0 Å². The highest BCUT2D eigenvalue weighted by Crippen LogP contribution is 2.26. The van der Waals surface area contributed by atoms with Crippen LogP contribution in [0.4, 0.5) is 0 Å². The first-order valence-electron chi connectivity index (χ1n) is 4.97. The molecule has 0 unspecified atom stereocenters. The molecule has 1 heterocycles. The van der Waals surface area contributed by atoms with Crippen LogP contribution in [0.3, 0.4) is 0 Å². The van der Waals surface area contributed by atoms with Crippen molar-refractivity contribution in [3.05, 3.63) is 45.4 Å². The summed E-state index contributed by atoms with van der Waals surface area (Å²) in [7, 11) is 0. The normalized spacial score (nSPS) is 10.2. The van der Waals surface area contributed by atoms with Crippen LogP contribution in [0.15, 0.2) is 29.9 Å². The Morgan fingerprint density at radius 3 is 2.94 bits per heavy atom. The van der Waals surface area contributed by atoms with Gasteiger partial charge >= 0.3 is 0 Å². The highest BCUT2D eigenvalue weighted by molar-refractivity contribution is 7.09. The Balaban J connectivity index is 2.09. The Kier molecular flexibility index (Phi) is 3.76. The van der Waals surface area contributed by atoms with Crippen molar-refractivity contribution in [2.45, 2.75) is 13.5 Å². The van der Waals surface area contributed by atoms with Crippen LogP contribution >= 0.6 is 22.9 Å². The van der Waals surface area contributed by atoms with E-state index in [4.69, 9.17) is 16.3 Å². The summed E-state index contributed by atoms with van der Waals surface area (Å²) in [5.41, 5.74) is 2.33. The van der Waals surface area contributed by atoms with Crippen molar-refractivity contribution in [3.63, 3.8) is 0 Å². The molecular formula is C12H10ClNO2S. The van der Waals surface area contributed by atoms with Crippen LogP contribution in [-0.4, -0.2) is 10.8 Å². The van der Waals surface area contributed by atoms with E-state index in [1.54, 1.807) is 29.9 Å². The summed E-state index contributed by atoms with van der Waals surface area (Å²) in [4.78, 5) is 16.1. The minimum atomic E-state index is -0.0130. The molecule has 0 spiro atoms. The van der Waals surface area contributed by atoms with Crippen molar-refractivity contribution < 1.29 is 9.53 Å².